The third-order valence-corrected chi connectivity index (χ3v) is 7.90. The lowest BCUT2D eigenvalue weighted by atomic mass is 9.72. The Morgan fingerprint density at radius 3 is 2.81 bits per heavy atom. The summed E-state index contributed by atoms with van der Waals surface area (Å²) >= 11 is 0. The van der Waals surface area contributed by atoms with Crippen molar-refractivity contribution >= 4 is 10.0 Å². The summed E-state index contributed by atoms with van der Waals surface area (Å²) in [5, 5.41) is 7.93. The molecule has 1 aliphatic carbocycles. The molecule has 0 bridgehead atoms. The van der Waals surface area contributed by atoms with Gasteiger partial charge in [0.05, 0.1) is 11.4 Å². The van der Waals surface area contributed by atoms with Gasteiger partial charge in [0.25, 0.3) is 0 Å². The van der Waals surface area contributed by atoms with Crippen molar-refractivity contribution in [2.24, 2.45) is 0 Å². The number of fused-ring (bicyclic) bond motifs is 2. The Morgan fingerprint density at radius 2 is 2.04 bits per heavy atom. The highest BCUT2D eigenvalue weighted by Crippen LogP contribution is 2.46. The second kappa shape index (κ2) is 6.82. The monoisotopic (exact) mass is 373 g/mol. The molecule has 1 saturated heterocycles. The quantitative estimate of drug-likeness (QED) is 0.872. The lowest BCUT2D eigenvalue weighted by molar-refractivity contribution is 0.358. The summed E-state index contributed by atoms with van der Waals surface area (Å²) in [6, 6.07) is 10.3. The fourth-order valence-electron chi connectivity index (χ4n) is 4.55. The number of benzene rings is 1. The molecule has 4 rings (SSSR count). The topological polar surface area (TPSA) is 66.1 Å². The van der Waals surface area contributed by atoms with Gasteiger partial charge in [-0.2, -0.15) is 5.10 Å². The van der Waals surface area contributed by atoms with Crippen LogP contribution in [0.3, 0.4) is 0 Å². The van der Waals surface area contributed by atoms with E-state index in [0.29, 0.717) is 13.1 Å². The number of nitrogens with zero attached hydrogens (tertiary/aromatic N) is 2. The van der Waals surface area contributed by atoms with Crippen LogP contribution >= 0.6 is 0 Å². The van der Waals surface area contributed by atoms with Gasteiger partial charge in [-0.05, 0) is 32.1 Å². The zero-order valence-electron chi connectivity index (χ0n) is 15.4. The van der Waals surface area contributed by atoms with Crippen LogP contribution in [-0.2, 0) is 21.9 Å². The van der Waals surface area contributed by atoms with Gasteiger partial charge in [-0.25, -0.2) is 12.7 Å². The molecule has 1 aromatic heterocycles. The lowest BCUT2D eigenvalue weighted by Crippen LogP contribution is -2.37. The molecule has 26 heavy (non-hydrogen) atoms. The number of nitrogens with one attached hydrogen (secondary N) is 1. The number of aromatic nitrogens is 2. The van der Waals surface area contributed by atoms with Gasteiger partial charge in [-0.1, -0.05) is 43.7 Å². The van der Waals surface area contributed by atoms with Crippen LogP contribution in [0.2, 0.25) is 0 Å². The fraction of sp³-hybridized carbons (Fsp3) is 0.550. The van der Waals surface area contributed by atoms with Crippen molar-refractivity contribution in [2.45, 2.75) is 50.9 Å². The van der Waals surface area contributed by atoms with Crippen LogP contribution in [0.5, 0.6) is 0 Å². The predicted molar refractivity (Wildman–Crippen MR) is 104 cm³/mol. The van der Waals surface area contributed by atoms with Gasteiger partial charge < -0.3 is 0 Å². The third kappa shape index (κ3) is 2.99. The maximum atomic E-state index is 12.7. The summed E-state index contributed by atoms with van der Waals surface area (Å²) in [6.45, 7) is 3.26. The fourth-order valence-corrected chi connectivity index (χ4v) is 6.27. The Morgan fingerprint density at radius 1 is 1.23 bits per heavy atom. The van der Waals surface area contributed by atoms with Crippen LogP contribution in [0, 0.1) is 0 Å². The average Bonchev–Trinajstić information content (AvgIpc) is 3.27. The van der Waals surface area contributed by atoms with Crippen molar-refractivity contribution in [2.75, 3.05) is 18.8 Å². The summed E-state index contributed by atoms with van der Waals surface area (Å²) in [7, 11) is -3.15. The Bertz CT molecular complexity index is 876. The van der Waals surface area contributed by atoms with Gasteiger partial charge in [-0.3, -0.25) is 5.10 Å². The second-order valence-corrected chi connectivity index (χ2v) is 9.77. The highest BCUT2D eigenvalue weighted by Gasteiger charge is 2.47. The van der Waals surface area contributed by atoms with Gasteiger partial charge in [-0.15, -0.1) is 0 Å². The largest absolute Gasteiger partial charge is 0.281 e. The molecule has 6 heteroatoms. The van der Waals surface area contributed by atoms with E-state index in [0.717, 1.165) is 49.8 Å². The molecule has 1 N–H and O–H groups in total. The molecule has 1 spiro atoms. The maximum Gasteiger partial charge on any atom is 0.214 e. The molecule has 2 aliphatic rings. The summed E-state index contributed by atoms with van der Waals surface area (Å²) in [5.41, 5.74) is 4.54. The van der Waals surface area contributed by atoms with Gasteiger partial charge in [0.15, 0.2) is 0 Å². The van der Waals surface area contributed by atoms with E-state index >= 15 is 0 Å². The molecular weight excluding hydrogens is 346 g/mol. The van der Waals surface area contributed by atoms with Gasteiger partial charge in [0.1, 0.15) is 0 Å². The van der Waals surface area contributed by atoms with E-state index in [2.05, 4.69) is 22.3 Å². The van der Waals surface area contributed by atoms with Crippen LogP contribution < -0.4 is 0 Å². The van der Waals surface area contributed by atoms with Gasteiger partial charge >= 0.3 is 0 Å². The Labute approximate surface area is 155 Å². The van der Waals surface area contributed by atoms with Crippen LogP contribution in [0.4, 0.5) is 0 Å². The highest BCUT2D eigenvalue weighted by atomic mass is 32.2. The molecular formula is C20H27N3O2S. The molecule has 0 amide bonds. The number of sulfonamides is 1. The third-order valence-electron chi connectivity index (χ3n) is 5.99. The molecule has 2 heterocycles. The minimum absolute atomic E-state index is 0.0904. The van der Waals surface area contributed by atoms with E-state index in [4.69, 9.17) is 0 Å². The normalized spacial score (nSPS) is 23.4. The molecule has 1 atom stereocenters. The first kappa shape index (κ1) is 17.7. The summed E-state index contributed by atoms with van der Waals surface area (Å²) in [4.78, 5) is 0. The molecule has 0 saturated carbocycles. The number of H-pyrrole nitrogens is 1. The number of aromatic amines is 1. The zero-order chi connectivity index (χ0) is 18.2. The van der Waals surface area contributed by atoms with Gasteiger partial charge in [0, 0.05) is 35.3 Å². The summed E-state index contributed by atoms with van der Waals surface area (Å²) in [5.74, 6) is 0.269. The molecule has 0 radical (unpaired) electrons. The molecule has 2 aromatic rings. The molecule has 1 aromatic carbocycles. The lowest BCUT2D eigenvalue weighted by Gasteiger charge is -2.33. The summed E-state index contributed by atoms with van der Waals surface area (Å²) in [6.07, 6.45) is 5.68. The summed E-state index contributed by atoms with van der Waals surface area (Å²) < 4.78 is 27.0. The molecule has 1 fully saturated rings. The van der Waals surface area contributed by atoms with Crippen LogP contribution in [-0.4, -0.2) is 41.8 Å². The van der Waals surface area contributed by atoms with Crippen LogP contribution in [0.15, 0.2) is 30.3 Å². The minimum Gasteiger partial charge on any atom is -0.281 e. The van der Waals surface area contributed by atoms with Gasteiger partial charge in [0.2, 0.25) is 10.0 Å². The maximum absolute atomic E-state index is 12.7. The molecule has 0 unspecified atom stereocenters. The van der Waals surface area contributed by atoms with Crippen molar-refractivity contribution in [3.8, 4) is 11.3 Å². The highest BCUT2D eigenvalue weighted by molar-refractivity contribution is 7.89. The molecule has 1 aliphatic heterocycles. The standard InChI is InChI=1S/C20H27N3O2S/c1-2-3-14-26(24,25)23-13-12-20(15-23)11-7-10-17-18(21-22-19(17)20)16-8-5-4-6-9-16/h4-6,8-9H,2-3,7,10-15H2,1H3,(H,21,22)/t20-/m0/s1. The smallest absolute Gasteiger partial charge is 0.214 e. The van der Waals surface area contributed by atoms with Crippen molar-refractivity contribution in [1.82, 2.24) is 14.5 Å². The SMILES string of the molecule is CCCCS(=O)(=O)N1CC[C@@]2(CCCc3c(-c4ccccc4)n[nH]c32)C1. The first-order valence-electron chi connectivity index (χ1n) is 9.67. The molecule has 140 valence electrons. The Balaban J connectivity index is 1.64. The predicted octanol–water partition coefficient (Wildman–Crippen LogP) is 3.49. The number of hydrogen-bond acceptors (Lipinski definition) is 3. The van der Waals surface area contributed by atoms with Crippen molar-refractivity contribution < 1.29 is 8.42 Å². The van der Waals surface area contributed by atoms with E-state index in [1.165, 1.54) is 11.3 Å². The van der Waals surface area contributed by atoms with E-state index in [9.17, 15) is 8.42 Å². The number of unbranched alkanes of at least 4 members (excludes halogenated alkanes) is 1. The Hall–Kier alpha value is -1.66. The zero-order valence-corrected chi connectivity index (χ0v) is 16.2. The van der Waals surface area contributed by atoms with E-state index in [1.807, 2.05) is 25.1 Å². The van der Waals surface area contributed by atoms with E-state index in [1.54, 1.807) is 4.31 Å². The molecule has 5 nitrogen and oxygen atoms in total. The first-order chi connectivity index (χ1) is 12.6. The first-order valence-corrected chi connectivity index (χ1v) is 11.3. The average molecular weight is 374 g/mol. The number of rotatable bonds is 5. The van der Waals surface area contributed by atoms with E-state index < -0.39 is 10.0 Å². The van der Waals surface area contributed by atoms with E-state index in [-0.39, 0.29) is 11.2 Å². The second-order valence-electron chi connectivity index (χ2n) is 7.68. The van der Waals surface area contributed by atoms with Crippen LogP contribution in [0.25, 0.3) is 11.3 Å². The van der Waals surface area contributed by atoms with Crippen molar-refractivity contribution in [3.05, 3.63) is 41.6 Å². The number of hydrogen-bond donors (Lipinski definition) is 1. The van der Waals surface area contributed by atoms with Crippen molar-refractivity contribution in [3.63, 3.8) is 0 Å². The van der Waals surface area contributed by atoms with Crippen LogP contribution in [0.1, 0.15) is 50.3 Å². The minimum atomic E-state index is -3.15. The Kier molecular flexibility index (Phi) is 4.65. The van der Waals surface area contributed by atoms with Crippen molar-refractivity contribution in [1.29, 1.82) is 0 Å².